The number of rotatable bonds is 4. The van der Waals surface area contributed by atoms with E-state index in [2.05, 4.69) is 4.99 Å². The summed E-state index contributed by atoms with van der Waals surface area (Å²) in [7, 11) is -0.543. The fraction of sp³-hybridized carbons (Fsp3) is 0.190. The van der Waals surface area contributed by atoms with E-state index in [-0.39, 0.29) is 4.90 Å². The molecule has 0 amide bonds. The van der Waals surface area contributed by atoms with Gasteiger partial charge in [0, 0.05) is 24.8 Å². The lowest BCUT2D eigenvalue weighted by molar-refractivity contribution is 0.414. The Morgan fingerprint density at radius 2 is 1.90 bits per heavy atom. The molecule has 0 N–H and O–H groups in total. The number of likely N-dealkylation sites (N-methyl/N-ethyl adjacent to an activating group) is 1. The Balaban J connectivity index is 1.68. The van der Waals surface area contributed by atoms with Crippen molar-refractivity contribution in [1.29, 1.82) is 0 Å². The first-order valence-electron chi connectivity index (χ1n) is 9.06. The van der Waals surface area contributed by atoms with E-state index in [9.17, 15) is 8.42 Å². The normalized spacial score (nSPS) is 17.1. The number of aliphatic imine (C=N–C) groups is 1. The standard InChI is InChI=1S/C21H20ClN3O3S/c1-24-19-4-3-12-25(13-11-15-5-8-17(28-2)9-6-15)21(19)23-18-14-16(22)7-10-20(18)29(24,26)27/h3-10,12,14H,11,13H2,1-2H3. The molecule has 2 heterocycles. The Hall–Kier alpha value is -2.77. The van der Waals surface area contributed by atoms with E-state index < -0.39 is 10.0 Å². The van der Waals surface area contributed by atoms with Crippen LogP contribution in [-0.4, -0.2) is 44.2 Å². The monoisotopic (exact) mass is 429 g/mol. The summed E-state index contributed by atoms with van der Waals surface area (Å²) in [6, 6.07) is 12.5. The lowest BCUT2D eigenvalue weighted by Crippen LogP contribution is -2.38. The van der Waals surface area contributed by atoms with Gasteiger partial charge in [-0.15, -0.1) is 0 Å². The molecule has 6 nitrogen and oxygen atoms in total. The van der Waals surface area contributed by atoms with Crippen LogP contribution in [0.5, 0.6) is 5.75 Å². The number of benzene rings is 2. The zero-order valence-electron chi connectivity index (χ0n) is 16.0. The van der Waals surface area contributed by atoms with E-state index in [1.165, 1.54) is 10.4 Å². The number of fused-ring (bicyclic) bond motifs is 2. The molecule has 0 saturated carbocycles. The number of ether oxygens (including phenoxy) is 1. The number of allylic oxidation sites excluding steroid dienone is 2. The molecule has 2 aromatic rings. The van der Waals surface area contributed by atoms with Gasteiger partial charge < -0.3 is 9.64 Å². The highest BCUT2D eigenvalue weighted by atomic mass is 35.5. The van der Waals surface area contributed by atoms with Crippen LogP contribution in [-0.2, 0) is 16.4 Å². The molecule has 0 bridgehead atoms. The van der Waals surface area contributed by atoms with Gasteiger partial charge in [-0.25, -0.2) is 13.4 Å². The molecular weight excluding hydrogens is 410 g/mol. The summed E-state index contributed by atoms with van der Waals surface area (Å²) in [6.07, 6.45) is 6.26. The van der Waals surface area contributed by atoms with Crippen LogP contribution in [0.25, 0.3) is 0 Å². The number of methoxy groups -OCH3 is 1. The third kappa shape index (κ3) is 3.63. The van der Waals surface area contributed by atoms with Gasteiger partial charge in [-0.1, -0.05) is 23.7 Å². The number of amidine groups is 1. The molecule has 29 heavy (non-hydrogen) atoms. The SMILES string of the molecule is COc1ccc(CCN2C=CC=C3C2=Nc2cc(Cl)ccc2S(=O)(=O)N3C)cc1. The van der Waals surface area contributed by atoms with Gasteiger partial charge >= 0.3 is 0 Å². The van der Waals surface area contributed by atoms with Crippen LogP contribution >= 0.6 is 11.6 Å². The molecule has 4 rings (SSSR count). The number of hydrogen-bond acceptors (Lipinski definition) is 5. The predicted octanol–water partition coefficient (Wildman–Crippen LogP) is 3.97. The molecule has 150 valence electrons. The molecule has 0 aliphatic carbocycles. The van der Waals surface area contributed by atoms with E-state index >= 15 is 0 Å². The van der Waals surface area contributed by atoms with Gasteiger partial charge in [0.05, 0.1) is 18.5 Å². The second-order valence-electron chi connectivity index (χ2n) is 6.70. The van der Waals surface area contributed by atoms with E-state index in [0.717, 1.165) is 17.7 Å². The summed E-state index contributed by atoms with van der Waals surface area (Å²) in [5.41, 5.74) is 2.01. The third-order valence-electron chi connectivity index (χ3n) is 4.95. The van der Waals surface area contributed by atoms with Gasteiger partial charge in [-0.05, 0) is 54.5 Å². The highest BCUT2D eigenvalue weighted by Gasteiger charge is 2.33. The van der Waals surface area contributed by atoms with Crippen molar-refractivity contribution in [3.8, 4) is 5.75 Å². The second kappa shape index (κ2) is 7.57. The zero-order valence-corrected chi connectivity index (χ0v) is 17.6. The Labute approximate surface area is 175 Å². The van der Waals surface area contributed by atoms with Crippen molar-refractivity contribution in [3.63, 3.8) is 0 Å². The van der Waals surface area contributed by atoms with Crippen LogP contribution in [0.3, 0.4) is 0 Å². The minimum absolute atomic E-state index is 0.141. The van der Waals surface area contributed by atoms with Crippen molar-refractivity contribution in [1.82, 2.24) is 9.21 Å². The van der Waals surface area contributed by atoms with Crippen molar-refractivity contribution < 1.29 is 13.2 Å². The van der Waals surface area contributed by atoms with Crippen molar-refractivity contribution >= 4 is 33.1 Å². The Morgan fingerprint density at radius 1 is 1.14 bits per heavy atom. The van der Waals surface area contributed by atoms with Crippen LogP contribution in [0.2, 0.25) is 5.02 Å². The Bertz CT molecular complexity index is 1140. The highest BCUT2D eigenvalue weighted by Crippen LogP contribution is 2.36. The predicted molar refractivity (Wildman–Crippen MR) is 114 cm³/mol. The van der Waals surface area contributed by atoms with Crippen molar-refractivity contribution in [2.24, 2.45) is 4.99 Å². The summed E-state index contributed by atoms with van der Waals surface area (Å²) in [5, 5.41) is 0.439. The van der Waals surface area contributed by atoms with Crippen LogP contribution in [0, 0.1) is 0 Å². The maximum Gasteiger partial charge on any atom is 0.266 e. The van der Waals surface area contributed by atoms with E-state index in [1.54, 1.807) is 32.4 Å². The average molecular weight is 430 g/mol. The molecule has 0 aromatic heterocycles. The summed E-state index contributed by atoms with van der Waals surface area (Å²) in [4.78, 5) is 6.79. The van der Waals surface area contributed by atoms with E-state index in [4.69, 9.17) is 16.3 Å². The first-order chi connectivity index (χ1) is 13.9. The van der Waals surface area contributed by atoms with Crippen LogP contribution in [0.15, 0.2) is 76.4 Å². The lowest BCUT2D eigenvalue weighted by atomic mass is 10.1. The fourth-order valence-electron chi connectivity index (χ4n) is 3.31. The van der Waals surface area contributed by atoms with Crippen molar-refractivity contribution in [3.05, 3.63) is 77.1 Å². The molecule has 0 saturated heterocycles. The fourth-order valence-corrected chi connectivity index (χ4v) is 4.78. The van der Waals surface area contributed by atoms with Crippen molar-refractivity contribution in [2.45, 2.75) is 11.3 Å². The number of nitrogens with zero attached hydrogens (tertiary/aromatic N) is 3. The maximum atomic E-state index is 13.1. The summed E-state index contributed by atoms with van der Waals surface area (Å²) >= 11 is 6.11. The van der Waals surface area contributed by atoms with Crippen LogP contribution in [0.4, 0.5) is 5.69 Å². The smallest absolute Gasteiger partial charge is 0.266 e. The van der Waals surface area contributed by atoms with Gasteiger partial charge in [0.1, 0.15) is 10.6 Å². The average Bonchev–Trinajstić information content (AvgIpc) is 2.80. The summed E-state index contributed by atoms with van der Waals surface area (Å²) < 4.78 is 32.6. The van der Waals surface area contributed by atoms with Crippen molar-refractivity contribution in [2.75, 3.05) is 20.7 Å². The van der Waals surface area contributed by atoms with Gasteiger partial charge in [0.15, 0.2) is 5.84 Å². The lowest BCUT2D eigenvalue weighted by Gasteiger charge is -2.29. The molecule has 2 aliphatic rings. The van der Waals surface area contributed by atoms with E-state index in [1.807, 2.05) is 41.4 Å². The first kappa shape index (κ1) is 19.5. The Kier molecular flexibility index (Phi) is 5.10. The van der Waals surface area contributed by atoms with Gasteiger partial charge in [-0.3, -0.25) is 4.31 Å². The third-order valence-corrected chi connectivity index (χ3v) is 7.00. The van der Waals surface area contributed by atoms with E-state index in [0.29, 0.717) is 28.8 Å². The number of halogens is 1. The van der Waals surface area contributed by atoms with Gasteiger partial charge in [0.2, 0.25) is 0 Å². The quantitative estimate of drug-likeness (QED) is 0.737. The highest BCUT2D eigenvalue weighted by molar-refractivity contribution is 7.89. The van der Waals surface area contributed by atoms with Gasteiger partial charge in [0.25, 0.3) is 10.0 Å². The largest absolute Gasteiger partial charge is 0.497 e. The second-order valence-corrected chi connectivity index (χ2v) is 9.08. The molecule has 0 atom stereocenters. The topological polar surface area (TPSA) is 62.2 Å². The van der Waals surface area contributed by atoms with Gasteiger partial charge in [-0.2, -0.15) is 0 Å². The molecular formula is C21H20ClN3O3S. The molecule has 2 aromatic carbocycles. The number of sulfonamides is 1. The molecule has 0 spiro atoms. The maximum absolute atomic E-state index is 13.1. The van der Waals surface area contributed by atoms with Crippen LogP contribution in [0.1, 0.15) is 5.56 Å². The zero-order chi connectivity index (χ0) is 20.6. The molecule has 0 unspecified atom stereocenters. The first-order valence-corrected chi connectivity index (χ1v) is 10.9. The molecule has 8 heteroatoms. The number of hydrogen-bond donors (Lipinski definition) is 0. The molecule has 0 fully saturated rings. The minimum atomic E-state index is -3.73. The molecule has 2 aliphatic heterocycles. The molecule has 0 radical (unpaired) electrons. The van der Waals surface area contributed by atoms with Crippen LogP contribution < -0.4 is 4.74 Å². The Morgan fingerprint density at radius 3 is 2.62 bits per heavy atom. The minimum Gasteiger partial charge on any atom is -0.497 e. The summed E-state index contributed by atoms with van der Waals surface area (Å²) in [5.74, 6) is 1.39. The summed E-state index contributed by atoms with van der Waals surface area (Å²) in [6.45, 7) is 0.642.